The van der Waals surface area contributed by atoms with E-state index in [0.29, 0.717) is 11.8 Å². The van der Waals surface area contributed by atoms with Crippen LogP contribution in [0.25, 0.3) is 5.57 Å². The van der Waals surface area contributed by atoms with Gasteiger partial charge in [0.1, 0.15) is 5.75 Å². The van der Waals surface area contributed by atoms with E-state index in [9.17, 15) is 0 Å². The Kier molecular flexibility index (Phi) is 10.7. The average molecular weight is 473 g/mol. The van der Waals surface area contributed by atoms with E-state index < -0.39 is 0 Å². The molecule has 0 spiro atoms. The number of hydrogen-bond acceptors (Lipinski definition) is 1. The van der Waals surface area contributed by atoms with Crippen molar-refractivity contribution in [2.45, 2.75) is 98.3 Å². The van der Waals surface area contributed by atoms with Gasteiger partial charge in [-0.05, 0) is 98.5 Å². The highest BCUT2D eigenvalue weighted by atomic mass is 16.5. The van der Waals surface area contributed by atoms with Crippen molar-refractivity contribution in [1.29, 1.82) is 0 Å². The van der Waals surface area contributed by atoms with Gasteiger partial charge in [0, 0.05) is 5.57 Å². The molecule has 2 fully saturated rings. The van der Waals surface area contributed by atoms with Crippen molar-refractivity contribution < 1.29 is 4.74 Å². The Morgan fingerprint density at radius 2 is 1.66 bits per heavy atom. The lowest BCUT2D eigenvalue weighted by atomic mass is 9.77. The first-order valence-corrected chi connectivity index (χ1v) is 14.2. The van der Waals surface area contributed by atoms with E-state index in [-0.39, 0.29) is 0 Å². The Balaban J connectivity index is 0.00000167. The normalized spacial score (nSPS) is 19.6. The van der Waals surface area contributed by atoms with E-state index >= 15 is 0 Å². The summed E-state index contributed by atoms with van der Waals surface area (Å²) in [5.41, 5.74) is 11.5. The smallest absolute Gasteiger partial charge is 0.122 e. The van der Waals surface area contributed by atoms with Crippen LogP contribution >= 0.6 is 0 Å². The predicted octanol–water partition coefficient (Wildman–Crippen LogP) is 10.1. The van der Waals surface area contributed by atoms with Crippen LogP contribution in [0.2, 0.25) is 0 Å². The molecular formula is C34H48O. The van der Waals surface area contributed by atoms with E-state index in [1.807, 2.05) is 13.8 Å². The van der Waals surface area contributed by atoms with Crippen molar-refractivity contribution >= 4 is 5.57 Å². The Hall–Kier alpha value is -2.24. The summed E-state index contributed by atoms with van der Waals surface area (Å²) in [4.78, 5) is 0. The molecule has 0 radical (unpaired) electrons. The molecule has 1 heteroatoms. The molecule has 1 aromatic carbocycles. The number of hydrogen-bond donors (Lipinski definition) is 0. The van der Waals surface area contributed by atoms with Crippen molar-refractivity contribution in [2.75, 3.05) is 7.11 Å². The van der Waals surface area contributed by atoms with Gasteiger partial charge in [0.15, 0.2) is 0 Å². The monoisotopic (exact) mass is 472 g/mol. The van der Waals surface area contributed by atoms with Crippen LogP contribution in [0.1, 0.15) is 101 Å². The second-order valence-electron chi connectivity index (χ2n) is 10.5. The summed E-state index contributed by atoms with van der Waals surface area (Å²) in [5.74, 6) is 2.92. The van der Waals surface area contributed by atoms with Gasteiger partial charge in [-0.2, -0.15) is 0 Å². The summed E-state index contributed by atoms with van der Waals surface area (Å²) in [6, 6.07) is 4.52. The largest absolute Gasteiger partial charge is 0.496 e. The van der Waals surface area contributed by atoms with Gasteiger partial charge in [-0.15, -0.1) is 5.73 Å². The molecule has 0 amide bonds. The number of rotatable bonds is 7. The quantitative estimate of drug-likeness (QED) is 0.359. The lowest BCUT2D eigenvalue weighted by molar-refractivity contribution is 0.407. The first-order chi connectivity index (χ1) is 17.1. The zero-order chi connectivity index (χ0) is 25.2. The van der Waals surface area contributed by atoms with Gasteiger partial charge in [0.25, 0.3) is 0 Å². The Bertz CT molecular complexity index is 970. The fourth-order valence-corrected chi connectivity index (χ4v) is 6.34. The molecule has 3 aliphatic rings. The molecule has 0 aromatic heterocycles. The maximum atomic E-state index is 5.71. The summed E-state index contributed by atoms with van der Waals surface area (Å²) < 4.78 is 5.71. The second kappa shape index (κ2) is 13.7. The fourth-order valence-electron chi connectivity index (χ4n) is 6.34. The summed E-state index contributed by atoms with van der Waals surface area (Å²) in [6.45, 7) is 12.5. The molecule has 0 heterocycles. The summed E-state index contributed by atoms with van der Waals surface area (Å²) in [7, 11) is 1.77. The standard InChI is InChI=1S/C32H42O.C2H6/c1-5-30(29-20-23(2)24(3)32(22-29)33-4)31(28-15-9-10-16-28)21-25-12-11-17-27(19-18-25)26-13-7-6-8-14-26;1-2/h12,17-20,22,26,28,31H,1,6-11,13-16,21H2,2-4H3;1-2H3. The van der Waals surface area contributed by atoms with E-state index in [0.717, 1.165) is 24.5 Å². The zero-order valence-corrected chi connectivity index (χ0v) is 23.1. The highest BCUT2D eigenvalue weighted by Gasteiger charge is 2.30. The van der Waals surface area contributed by atoms with Gasteiger partial charge in [-0.25, -0.2) is 0 Å². The van der Waals surface area contributed by atoms with Crippen LogP contribution in [-0.4, -0.2) is 7.11 Å². The molecule has 0 saturated heterocycles. The van der Waals surface area contributed by atoms with Crippen LogP contribution in [0.5, 0.6) is 5.75 Å². The van der Waals surface area contributed by atoms with Crippen LogP contribution in [-0.2, 0) is 0 Å². The zero-order valence-electron chi connectivity index (χ0n) is 23.1. The van der Waals surface area contributed by atoms with Gasteiger partial charge in [0.05, 0.1) is 7.11 Å². The average Bonchev–Trinajstić information content (AvgIpc) is 3.33. The minimum Gasteiger partial charge on any atom is -0.496 e. The van der Waals surface area contributed by atoms with Crippen molar-refractivity contribution in [2.24, 2.45) is 17.8 Å². The molecule has 0 bridgehead atoms. The van der Waals surface area contributed by atoms with Crippen LogP contribution in [0.15, 0.2) is 59.9 Å². The summed E-state index contributed by atoms with van der Waals surface area (Å²) in [5, 5.41) is 0. The van der Waals surface area contributed by atoms with Gasteiger partial charge in [-0.3, -0.25) is 0 Å². The van der Waals surface area contributed by atoms with Gasteiger partial charge >= 0.3 is 0 Å². The second-order valence-corrected chi connectivity index (χ2v) is 10.5. The maximum absolute atomic E-state index is 5.71. The number of methoxy groups -OCH3 is 1. The molecule has 4 rings (SSSR count). The number of allylic oxidation sites excluding steroid dienone is 7. The van der Waals surface area contributed by atoms with Crippen molar-refractivity contribution in [3.8, 4) is 5.75 Å². The van der Waals surface area contributed by atoms with Gasteiger partial charge in [-0.1, -0.05) is 88.5 Å². The molecule has 0 aliphatic heterocycles. The lowest BCUT2D eigenvalue weighted by Crippen LogP contribution is -2.15. The molecule has 1 nitrogen and oxygen atoms in total. The van der Waals surface area contributed by atoms with Crippen LogP contribution in [0.3, 0.4) is 0 Å². The van der Waals surface area contributed by atoms with Gasteiger partial charge < -0.3 is 4.74 Å². The fraction of sp³-hybridized carbons (Fsp3) is 0.559. The van der Waals surface area contributed by atoms with Crippen molar-refractivity contribution in [1.82, 2.24) is 0 Å². The molecule has 35 heavy (non-hydrogen) atoms. The highest BCUT2D eigenvalue weighted by molar-refractivity contribution is 5.70. The molecular weight excluding hydrogens is 424 g/mol. The first kappa shape index (κ1) is 27.3. The molecule has 1 atom stereocenters. The Morgan fingerprint density at radius 3 is 2.31 bits per heavy atom. The minimum atomic E-state index is 0.462. The molecule has 0 N–H and O–H groups in total. The van der Waals surface area contributed by atoms with E-state index in [4.69, 9.17) is 4.74 Å². The number of ether oxygens (including phenoxy) is 1. The Morgan fingerprint density at radius 1 is 0.971 bits per heavy atom. The third-order valence-corrected chi connectivity index (χ3v) is 8.44. The minimum absolute atomic E-state index is 0.462. The summed E-state index contributed by atoms with van der Waals surface area (Å²) >= 11 is 0. The van der Waals surface area contributed by atoms with Crippen LogP contribution in [0, 0.1) is 31.6 Å². The third kappa shape index (κ3) is 6.92. The van der Waals surface area contributed by atoms with E-state index in [1.165, 1.54) is 85.6 Å². The van der Waals surface area contributed by atoms with Crippen LogP contribution < -0.4 is 4.74 Å². The van der Waals surface area contributed by atoms with E-state index in [1.54, 1.807) is 12.7 Å². The van der Waals surface area contributed by atoms with Crippen molar-refractivity contribution in [3.05, 3.63) is 76.6 Å². The Labute approximate surface area is 215 Å². The highest BCUT2D eigenvalue weighted by Crippen LogP contribution is 2.43. The number of benzene rings is 1. The van der Waals surface area contributed by atoms with Crippen LogP contribution in [0.4, 0.5) is 0 Å². The molecule has 190 valence electrons. The predicted molar refractivity (Wildman–Crippen MR) is 153 cm³/mol. The molecule has 2 saturated carbocycles. The summed E-state index contributed by atoms with van der Waals surface area (Å²) in [6.07, 6.45) is 24.3. The molecule has 3 aliphatic carbocycles. The lowest BCUT2D eigenvalue weighted by Gasteiger charge is -2.27. The first-order valence-electron chi connectivity index (χ1n) is 14.2. The topological polar surface area (TPSA) is 9.23 Å². The van der Waals surface area contributed by atoms with Crippen molar-refractivity contribution in [3.63, 3.8) is 0 Å². The molecule has 1 unspecified atom stereocenters. The third-order valence-electron chi connectivity index (χ3n) is 8.44. The molecule has 1 aromatic rings. The maximum Gasteiger partial charge on any atom is 0.122 e. The SMILES string of the molecule is C=C=C(c1cc(C)c(C)c(OC)c1)C(CC1=CCC=C(C2CCCCC2)C=C1)C1CCCC1.CC. The van der Waals surface area contributed by atoms with Gasteiger partial charge in [0.2, 0.25) is 0 Å². The van der Waals surface area contributed by atoms with E-state index in [2.05, 4.69) is 62.6 Å². The number of aryl methyl sites for hydroxylation is 1.